The van der Waals surface area contributed by atoms with E-state index in [1.165, 1.54) is 16.7 Å². The molecule has 0 spiro atoms. The molecule has 0 saturated carbocycles. The summed E-state index contributed by atoms with van der Waals surface area (Å²) in [6, 6.07) is 9.11. The van der Waals surface area contributed by atoms with Crippen LogP contribution in [0.2, 0.25) is 0 Å². The summed E-state index contributed by atoms with van der Waals surface area (Å²) in [7, 11) is 1.67. The molecule has 1 aromatic carbocycles. The van der Waals surface area contributed by atoms with Crippen molar-refractivity contribution in [3.05, 3.63) is 36.1 Å². The van der Waals surface area contributed by atoms with Crippen LogP contribution in [-0.2, 0) is 9.59 Å². The molecule has 3 rings (SSSR count). The molecule has 0 aliphatic carbocycles. The van der Waals surface area contributed by atoms with Gasteiger partial charge in [-0.05, 0) is 26.0 Å². The Kier molecular flexibility index (Phi) is 3.44. The van der Waals surface area contributed by atoms with Crippen molar-refractivity contribution in [3.8, 4) is 0 Å². The van der Waals surface area contributed by atoms with Crippen LogP contribution in [0.1, 0.15) is 12.7 Å². The van der Waals surface area contributed by atoms with Crippen LogP contribution < -0.4 is 10.2 Å². The van der Waals surface area contributed by atoms with Gasteiger partial charge >= 0.3 is 0 Å². The first kappa shape index (κ1) is 14.6. The van der Waals surface area contributed by atoms with E-state index in [0.717, 1.165) is 10.6 Å². The van der Waals surface area contributed by atoms with Crippen LogP contribution in [0.25, 0.3) is 0 Å². The van der Waals surface area contributed by atoms with Gasteiger partial charge in [0.25, 0.3) is 11.8 Å². The number of hydrogen-bond acceptors (Lipinski definition) is 5. The number of amides is 2. The van der Waals surface area contributed by atoms with E-state index in [0.29, 0.717) is 11.6 Å². The summed E-state index contributed by atoms with van der Waals surface area (Å²) < 4.78 is 3.67. The topological polar surface area (TPSA) is 75.4 Å². The van der Waals surface area contributed by atoms with Gasteiger partial charge in [0, 0.05) is 18.0 Å². The van der Waals surface area contributed by atoms with E-state index in [4.69, 9.17) is 4.52 Å². The van der Waals surface area contributed by atoms with Crippen LogP contribution in [0.15, 0.2) is 39.8 Å². The molecule has 0 bridgehead atoms. The number of carbonyl (C=O) groups excluding carboxylic acids is 2. The Bertz CT molecular complexity index is 758. The van der Waals surface area contributed by atoms with Gasteiger partial charge in [-0.1, -0.05) is 29.1 Å². The zero-order valence-corrected chi connectivity index (χ0v) is 13.2. The molecule has 1 aliphatic heterocycles. The maximum Gasteiger partial charge on any atom is 0.252 e. The zero-order chi connectivity index (χ0) is 15.9. The second-order valence-corrected chi connectivity index (χ2v) is 6.70. The number of benzene rings is 1. The fraction of sp³-hybridized carbons (Fsp3) is 0.267. The summed E-state index contributed by atoms with van der Waals surface area (Å²) in [5.41, 5.74) is 0.806. The van der Waals surface area contributed by atoms with Gasteiger partial charge in [-0.25, -0.2) is 0 Å². The number of rotatable bonds is 2. The number of thioether (sulfide) groups is 1. The SMILES string of the molecule is Cc1cc(NC(=O)C2(C)Sc3ccccc3N(C)C2=O)no1. The Morgan fingerprint density at radius 1 is 1.41 bits per heavy atom. The zero-order valence-electron chi connectivity index (χ0n) is 12.4. The van der Waals surface area contributed by atoms with Crippen molar-refractivity contribution in [2.45, 2.75) is 23.5 Å². The van der Waals surface area contributed by atoms with Crippen molar-refractivity contribution in [1.29, 1.82) is 0 Å². The van der Waals surface area contributed by atoms with Gasteiger partial charge in [0.05, 0.1) is 5.69 Å². The minimum absolute atomic E-state index is 0.270. The number of para-hydroxylation sites is 1. The van der Waals surface area contributed by atoms with Crippen molar-refractivity contribution in [2.75, 3.05) is 17.3 Å². The third-order valence-corrected chi connectivity index (χ3v) is 4.89. The second-order valence-electron chi connectivity index (χ2n) is 5.24. The molecule has 1 aromatic heterocycles. The van der Waals surface area contributed by atoms with E-state index >= 15 is 0 Å². The minimum atomic E-state index is -1.25. The summed E-state index contributed by atoms with van der Waals surface area (Å²) in [5, 5.41) is 6.37. The van der Waals surface area contributed by atoms with Gasteiger partial charge in [0.2, 0.25) is 0 Å². The Labute approximate surface area is 131 Å². The molecule has 1 unspecified atom stereocenters. The van der Waals surface area contributed by atoms with Crippen molar-refractivity contribution in [3.63, 3.8) is 0 Å². The first-order valence-corrected chi connectivity index (χ1v) is 7.54. The summed E-state index contributed by atoms with van der Waals surface area (Å²) in [6.07, 6.45) is 0. The van der Waals surface area contributed by atoms with Crippen molar-refractivity contribution < 1.29 is 14.1 Å². The van der Waals surface area contributed by atoms with Crippen LogP contribution >= 0.6 is 11.8 Å². The Hall–Kier alpha value is -2.28. The van der Waals surface area contributed by atoms with Crippen LogP contribution in [0, 0.1) is 6.92 Å². The number of aromatic nitrogens is 1. The molecule has 0 saturated heterocycles. The number of hydrogen-bond donors (Lipinski definition) is 1. The molecule has 2 aromatic rings. The molecular weight excluding hydrogens is 302 g/mol. The summed E-state index contributed by atoms with van der Waals surface area (Å²) >= 11 is 1.24. The molecule has 114 valence electrons. The van der Waals surface area contributed by atoms with Crippen molar-refractivity contribution >= 4 is 35.1 Å². The van der Waals surface area contributed by atoms with E-state index in [9.17, 15) is 9.59 Å². The van der Waals surface area contributed by atoms with Gasteiger partial charge in [0.1, 0.15) is 5.76 Å². The predicted molar refractivity (Wildman–Crippen MR) is 84.0 cm³/mol. The largest absolute Gasteiger partial charge is 0.360 e. The van der Waals surface area contributed by atoms with E-state index < -0.39 is 10.7 Å². The lowest BCUT2D eigenvalue weighted by atomic mass is 10.1. The number of nitrogens with one attached hydrogen (secondary N) is 1. The van der Waals surface area contributed by atoms with Crippen molar-refractivity contribution in [2.24, 2.45) is 0 Å². The third kappa shape index (κ3) is 2.27. The Balaban J connectivity index is 1.92. The molecule has 1 N–H and O–H groups in total. The van der Waals surface area contributed by atoms with E-state index in [1.807, 2.05) is 24.3 Å². The number of carbonyl (C=O) groups is 2. The van der Waals surface area contributed by atoms with Gasteiger partial charge in [-0.3, -0.25) is 9.59 Å². The quantitative estimate of drug-likeness (QED) is 0.861. The standard InChI is InChI=1S/C15H15N3O3S/c1-9-8-12(17-21-9)16-13(19)15(2)14(20)18(3)10-6-4-5-7-11(10)22-15/h4-8H,1-3H3,(H,16,17,19). The molecule has 0 fully saturated rings. The monoisotopic (exact) mass is 317 g/mol. The molecule has 2 heterocycles. The third-order valence-electron chi connectivity index (χ3n) is 3.56. The Morgan fingerprint density at radius 3 is 2.82 bits per heavy atom. The van der Waals surface area contributed by atoms with Crippen LogP contribution in [-0.4, -0.2) is 28.8 Å². The highest BCUT2D eigenvalue weighted by Gasteiger charge is 2.48. The highest BCUT2D eigenvalue weighted by molar-refractivity contribution is 8.02. The van der Waals surface area contributed by atoms with E-state index in [1.54, 1.807) is 27.0 Å². The predicted octanol–water partition coefficient (Wildman–Crippen LogP) is 2.45. The molecule has 7 heteroatoms. The molecule has 22 heavy (non-hydrogen) atoms. The molecule has 2 amide bonds. The minimum Gasteiger partial charge on any atom is -0.360 e. The number of anilines is 2. The normalized spacial score (nSPS) is 20.7. The summed E-state index contributed by atoms with van der Waals surface area (Å²) in [6.45, 7) is 3.35. The number of fused-ring (bicyclic) bond motifs is 1. The number of nitrogens with zero attached hydrogens (tertiary/aromatic N) is 2. The van der Waals surface area contributed by atoms with E-state index in [2.05, 4.69) is 10.5 Å². The first-order chi connectivity index (χ1) is 10.4. The highest BCUT2D eigenvalue weighted by Crippen LogP contribution is 2.45. The lowest BCUT2D eigenvalue weighted by Gasteiger charge is -2.36. The molecular formula is C15H15N3O3S. The maximum atomic E-state index is 12.6. The lowest BCUT2D eigenvalue weighted by molar-refractivity contribution is -0.128. The van der Waals surface area contributed by atoms with Crippen molar-refractivity contribution in [1.82, 2.24) is 5.16 Å². The number of aryl methyl sites for hydroxylation is 1. The molecule has 0 radical (unpaired) electrons. The Morgan fingerprint density at radius 2 is 2.14 bits per heavy atom. The van der Waals surface area contributed by atoms with Gasteiger partial charge in [-0.15, -0.1) is 0 Å². The maximum absolute atomic E-state index is 12.6. The van der Waals surface area contributed by atoms with E-state index in [-0.39, 0.29) is 5.91 Å². The van der Waals surface area contributed by atoms with Gasteiger partial charge in [0.15, 0.2) is 10.6 Å². The summed E-state index contributed by atoms with van der Waals surface area (Å²) in [4.78, 5) is 27.7. The fourth-order valence-electron chi connectivity index (χ4n) is 2.32. The smallest absolute Gasteiger partial charge is 0.252 e. The molecule has 1 aliphatic rings. The van der Waals surface area contributed by atoms with Crippen LogP contribution in [0.5, 0.6) is 0 Å². The molecule has 6 nitrogen and oxygen atoms in total. The average molecular weight is 317 g/mol. The average Bonchev–Trinajstić information content (AvgIpc) is 2.90. The van der Waals surface area contributed by atoms with Crippen LogP contribution in [0.4, 0.5) is 11.5 Å². The van der Waals surface area contributed by atoms with Crippen LogP contribution in [0.3, 0.4) is 0 Å². The van der Waals surface area contributed by atoms with Gasteiger partial charge < -0.3 is 14.7 Å². The summed E-state index contributed by atoms with van der Waals surface area (Å²) in [5.74, 6) is 0.204. The highest BCUT2D eigenvalue weighted by atomic mass is 32.2. The fourth-order valence-corrected chi connectivity index (χ4v) is 3.58. The first-order valence-electron chi connectivity index (χ1n) is 6.73. The lowest BCUT2D eigenvalue weighted by Crippen LogP contribution is -2.53. The van der Waals surface area contributed by atoms with Gasteiger partial charge in [-0.2, -0.15) is 0 Å². The second kappa shape index (κ2) is 5.17. The molecule has 1 atom stereocenters.